The molecule has 0 aliphatic carbocycles. The van der Waals surface area contributed by atoms with E-state index < -0.39 is 6.10 Å². The van der Waals surface area contributed by atoms with Crippen LogP contribution in [0.5, 0.6) is 0 Å². The summed E-state index contributed by atoms with van der Waals surface area (Å²) in [5.74, 6) is 0. The third-order valence-corrected chi connectivity index (χ3v) is 1.25. The molecular formula is C4H9O3P. The molecule has 1 fully saturated rings. The number of hydrogen-bond acceptors (Lipinski definition) is 3. The van der Waals surface area contributed by atoms with Gasteiger partial charge in [0, 0.05) is 9.47 Å². The largest absolute Gasteiger partial charge is 0.388 e. The Kier molecular flexibility index (Phi) is 2.20. The monoisotopic (exact) mass is 136 g/mol. The van der Waals surface area contributed by atoms with Crippen molar-refractivity contribution in [3.8, 4) is 0 Å². The summed E-state index contributed by atoms with van der Waals surface area (Å²) in [6.45, 7) is 1.02. The van der Waals surface area contributed by atoms with Gasteiger partial charge >= 0.3 is 0 Å². The molecule has 1 saturated heterocycles. The zero-order valence-electron chi connectivity index (χ0n) is 4.41. The van der Waals surface area contributed by atoms with E-state index in [1.165, 1.54) is 0 Å². The van der Waals surface area contributed by atoms with Crippen molar-refractivity contribution in [2.75, 3.05) is 13.2 Å². The summed E-state index contributed by atoms with van der Waals surface area (Å²) in [6.07, 6.45) is -0.400. The number of hydrogen-bond donors (Lipinski definition) is 1. The van der Waals surface area contributed by atoms with Crippen molar-refractivity contribution in [2.24, 2.45) is 0 Å². The zero-order chi connectivity index (χ0) is 5.98. The molecule has 4 heteroatoms. The van der Waals surface area contributed by atoms with E-state index in [-0.39, 0.29) is 6.10 Å². The lowest BCUT2D eigenvalue weighted by atomic mass is 10.3. The molecule has 0 aromatic carbocycles. The maximum Gasteiger partial charge on any atom is 0.109 e. The molecule has 0 spiro atoms. The van der Waals surface area contributed by atoms with E-state index in [0.717, 1.165) is 0 Å². The number of rotatable bonds is 3. The van der Waals surface area contributed by atoms with Crippen LogP contribution in [0, 0.1) is 0 Å². The first-order valence-electron chi connectivity index (χ1n) is 2.46. The highest BCUT2D eigenvalue weighted by molar-refractivity contribution is 7.09. The van der Waals surface area contributed by atoms with Crippen LogP contribution in [0.2, 0.25) is 0 Å². The second-order valence-corrected chi connectivity index (χ2v) is 2.11. The van der Waals surface area contributed by atoms with Crippen molar-refractivity contribution in [3.63, 3.8) is 0 Å². The molecule has 1 aliphatic heterocycles. The Balaban J connectivity index is 2.03. The van der Waals surface area contributed by atoms with Crippen molar-refractivity contribution < 1.29 is 14.4 Å². The van der Waals surface area contributed by atoms with Crippen LogP contribution in [0.25, 0.3) is 0 Å². The molecule has 3 nitrogen and oxygen atoms in total. The molecule has 1 heterocycles. The molecule has 0 radical (unpaired) electrons. The van der Waals surface area contributed by atoms with Crippen molar-refractivity contribution in [3.05, 3.63) is 0 Å². The van der Waals surface area contributed by atoms with Gasteiger partial charge in [0.15, 0.2) is 0 Å². The predicted octanol–water partition coefficient (Wildman–Crippen LogP) is -0.447. The number of ether oxygens (including phenoxy) is 1. The standard InChI is InChI=1S/C4H9O3P/c5-3(1-7-8)4-2-6-4/h3-5H,1-2,8H2/t3?,4-/m1/s1. The highest BCUT2D eigenvalue weighted by Gasteiger charge is 2.30. The Morgan fingerprint density at radius 2 is 2.62 bits per heavy atom. The summed E-state index contributed by atoms with van der Waals surface area (Å²) in [6, 6.07) is 0. The predicted molar refractivity (Wildman–Crippen MR) is 31.4 cm³/mol. The van der Waals surface area contributed by atoms with E-state index >= 15 is 0 Å². The molecule has 0 saturated carbocycles. The third-order valence-electron chi connectivity index (χ3n) is 1.06. The van der Waals surface area contributed by atoms with E-state index in [0.29, 0.717) is 13.2 Å². The van der Waals surface area contributed by atoms with Gasteiger partial charge in [-0.15, -0.1) is 0 Å². The second-order valence-electron chi connectivity index (χ2n) is 1.77. The maximum absolute atomic E-state index is 8.93. The topological polar surface area (TPSA) is 42.0 Å². The number of aliphatic hydroxyl groups is 1. The molecule has 8 heavy (non-hydrogen) atoms. The molecule has 1 aliphatic rings. The van der Waals surface area contributed by atoms with E-state index in [9.17, 15) is 0 Å². The Morgan fingerprint density at radius 3 is 3.00 bits per heavy atom. The molecule has 0 aromatic heterocycles. The summed E-state index contributed by atoms with van der Waals surface area (Å²) in [4.78, 5) is 0. The minimum Gasteiger partial charge on any atom is -0.388 e. The summed E-state index contributed by atoms with van der Waals surface area (Å²) >= 11 is 0. The average molecular weight is 136 g/mol. The van der Waals surface area contributed by atoms with Crippen LogP contribution in [0.15, 0.2) is 0 Å². The normalized spacial score (nSPS) is 30.0. The van der Waals surface area contributed by atoms with Gasteiger partial charge < -0.3 is 14.4 Å². The minimum atomic E-state index is -0.438. The summed E-state index contributed by atoms with van der Waals surface area (Å²) in [5, 5.41) is 8.93. The summed E-state index contributed by atoms with van der Waals surface area (Å²) < 4.78 is 9.38. The van der Waals surface area contributed by atoms with Gasteiger partial charge in [-0.3, -0.25) is 0 Å². The maximum atomic E-state index is 8.93. The van der Waals surface area contributed by atoms with Gasteiger partial charge in [0.1, 0.15) is 12.2 Å². The summed E-state index contributed by atoms with van der Waals surface area (Å²) in [5.41, 5.74) is 0. The lowest BCUT2D eigenvalue weighted by molar-refractivity contribution is 0.0892. The van der Waals surface area contributed by atoms with Crippen molar-refractivity contribution in [1.29, 1.82) is 0 Å². The van der Waals surface area contributed by atoms with Crippen LogP contribution < -0.4 is 0 Å². The van der Waals surface area contributed by atoms with Crippen molar-refractivity contribution >= 4 is 9.47 Å². The van der Waals surface area contributed by atoms with Crippen LogP contribution in [-0.4, -0.2) is 30.5 Å². The SMILES string of the molecule is OC(COP)[C@H]1CO1. The highest BCUT2D eigenvalue weighted by atomic mass is 31.0. The Morgan fingerprint density at radius 1 is 2.00 bits per heavy atom. The first-order chi connectivity index (χ1) is 3.84. The lowest BCUT2D eigenvalue weighted by Gasteiger charge is -2.02. The van der Waals surface area contributed by atoms with E-state index in [1.54, 1.807) is 0 Å². The Labute approximate surface area is 50.3 Å². The highest BCUT2D eigenvalue weighted by Crippen LogP contribution is 2.14. The molecule has 2 unspecified atom stereocenters. The van der Waals surface area contributed by atoms with Gasteiger partial charge in [0.2, 0.25) is 0 Å². The van der Waals surface area contributed by atoms with Gasteiger partial charge in [-0.25, -0.2) is 0 Å². The minimum absolute atomic E-state index is 0.0375. The number of epoxide rings is 1. The molecule has 3 atom stereocenters. The quantitative estimate of drug-likeness (QED) is 0.422. The Bertz CT molecular complexity index is 73.7. The lowest BCUT2D eigenvalue weighted by Crippen LogP contribution is -2.19. The van der Waals surface area contributed by atoms with Crippen molar-refractivity contribution in [1.82, 2.24) is 0 Å². The van der Waals surface area contributed by atoms with Gasteiger partial charge in [-0.05, 0) is 0 Å². The summed E-state index contributed by atoms with van der Waals surface area (Å²) in [7, 11) is 2.08. The van der Waals surface area contributed by atoms with Gasteiger partial charge in [-0.2, -0.15) is 0 Å². The Hall–Kier alpha value is 0.310. The average Bonchev–Trinajstić information content (AvgIpc) is 2.45. The van der Waals surface area contributed by atoms with Crippen LogP contribution in [-0.2, 0) is 9.26 Å². The first-order valence-corrected chi connectivity index (χ1v) is 2.93. The van der Waals surface area contributed by atoms with Crippen LogP contribution in [0.3, 0.4) is 0 Å². The van der Waals surface area contributed by atoms with Gasteiger partial charge in [-0.1, -0.05) is 0 Å². The number of aliphatic hydroxyl groups excluding tert-OH is 1. The molecular weight excluding hydrogens is 127 g/mol. The van der Waals surface area contributed by atoms with E-state index in [1.807, 2.05) is 0 Å². The third kappa shape index (κ3) is 1.67. The fourth-order valence-corrected chi connectivity index (χ4v) is 0.681. The molecule has 0 amide bonds. The molecule has 1 N–H and O–H groups in total. The molecule has 0 aromatic rings. The van der Waals surface area contributed by atoms with Crippen LogP contribution in [0.4, 0.5) is 0 Å². The molecule has 48 valence electrons. The van der Waals surface area contributed by atoms with Crippen molar-refractivity contribution in [2.45, 2.75) is 12.2 Å². The second kappa shape index (κ2) is 2.74. The van der Waals surface area contributed by atoms with Crippen LogP contribution >= 0.6 is 9.47 Å². The smallest absolute Gasteiger partial charge is 0.109 e. The fraction of sp³-hybridized carbons (Fsp3) is 1.00. The first kappa shape index (κ1) is 6.43. The van der Waals surface area contributed by atoms with Gasteiger partial charge in [0.25, 0.3) is 0 Å². The van der Waals surface area contributed by atoms with E-state index in [2.05, 4.69) is 14.0 Å². The molecule has 0 bridgehead atoms. The van der Waals surface area contributed by atoms with E-state index in [4.69, 9.17) is 9.84 Å². The fourth-order valence-electron chi connectivity index (χ4n) is 0.484. The van der Waals surface area contributed by atoms with Crippen LogP contribution in [0.1, 0.15) is 0 Å². The molecule has 1 rings (SSSR count). The van der Waals surface area contributed by atoms with Gasteiger partial charge in [0.05, 0.1) is 13.2 Å². The zero-order valence-corrected chi connectivity index (χ0v) is 5.56.